The smallest absolute Gasteiger partial charge is 0.0738 e. The first-order chi connectivity index (χ1) is 3.18. The summed E-state index contributed by atoms with van der Waals surface area (Å²) in [5.41, 5.74) is 0.454. The summed E-state index contributed by atoms with van der Waals surface area (Å²) in [5, 5.41) is 13.7. The Bertz CT molecular complexity index is 113. The van der Waals surface area contributed by atoms with Gasteiger partial charge in [0.1, 0.15) is 0 Å². The lowest BCUT2D eigenvalue weighted by Crippen LogP contribution is -2.01. The Morgan fingerprint density at radius 3 is 2.00 bits per heavy atom. The average molecular weight is 96.1 g/mol. The van der Waals surface area contributed by atoms with E-state index in [9.17, 15) is 0 Å². The van der Waals surface area contributed by atoms with Crippen molar-refractivity contribution in [2.45, 2.75) is 6.92 Å². The highest BCUT2D eigenvalue weighted by atomic mass is 14.5. The molecule has 2 N–H and O–H groups in total. The van der Waals surface area contributed by atoms with Crippen LogP contribution in [0.15, 0.2) is 12.7 Å². The van der Waals surface area contributed by atoms with Crippen LogP contribution in [0.1, 0.15) is 6.92 Å². The van der Waals surface area contributed by atoms with E-state index in [1.54, 1.807) is 6.92 Å². The van der Waals surface area contributed by atoms with E-state index in [1.165, 1.54) is 6.08 Å². The first-order valence-electron chi connectivity index (χ1n) is 1.95. The largest absolute Gasteiger partial charge is 0.303 e. The van der Waals surface area contributed by atoms with Crippen LogP contribution in [0, 0.1) is 10.8 Å². The highest BCUT2D eigenvalue weighted by Gasteiger charge is 1.87. The Kier molecular flexibility index (Phi) is 1.99. The molecule has 0 fully saturated rings. The third kappa shape index (κ3) is 1.87. The van der Waals surface area contributed by atoms with E-state index >= 15 is 0 Å². The molecule has 0 atom stereocenters. The van der Waals surface area contributed by atoms with Crippen LogP contribution >= 0.6 is 0 Å². The quantitative estimate of drug-likeness (QED) is 0.486. The lowest BCUT2D eigenvalue weighted by atomic mass is 10.3. The fourth-order valence-electron chi connectivity index (χ4n) is 0.153. The molecular formula is C5H8N2. The summed E-state index contributed by atoms with van der Waals surface area (Å²) in [4.78, 5) is 0. The van der Waals surface area contributed by atoms with Crippen molar-refractivity contribution < 1.29 is 0 Å². The Morgan fingerprint density at radius 2 is 2.00 bits per heavy atom. The Balaban J connectivity index is 3.81. The van der Waals surface area contributed by atoms with Crippen molar-refractivity contribution >= 4 is 11.4 Å². The molecule has 2 heteroatoms. The van der Waals surface area contributed by atoms with E-state index in [1.807, 2.05) is 0 Å². The van der Waals surface area contributed by atoms with E-state index in [0.29, 0.717) is 0 Å². The maximum absolute atomic E-state index is 6.85. The molecule has 0 saturated heterocycles. The standard InChI is InChI=1S/C5H8N2/c1-3-5(7)4(2)6/h3,6-7H,1H2,2H3. The summed E-state index contributed by atoms with van der Waals surface area (Å²) in [6, 6.07) is 0. The average Bonchev–Trinajstić information content (AvgIpc) is 1.65. The third-order valence-corrected chi connectivity index (χ3v) is 0.608. The van der Waals surface area contributed by atoms with Gasteiger partial charge in [-0.1, -0.05) is 6.58 Å². The zero-order chi connectivity index (χ0) is 5.86. The van der Waals surface area contributed by atoms with Crippen molar-refractivity contribution in [2.24, 2.45) is 0 Å². The van der Waals surface area contributed by atoms with Crippen LogP contribution in [0.25, 0.3) is 0 Å². The molecule has 0 aliphatic carbocycles. The maximum atomic E-state index is 6.85. The van der Waals surface area contributed by atoms with E-state index in [-0.39, 0.29) is 11.4 Å². The molecule has 0 unspecified atom stereocenters. The number of hydrogen-bond donors (Lipinski definition) is 2. The number of hydrogen-bond acceptors (Lipinski definition) is 2. The summed E-state index contributed by atoms with van der Waals surface area (Å²) >= 11 is 0. The van der Waals surface area contributed by atoms with E-state index in [4.69, 9.17) is 10.8 Å². The molecule has 0 aliphatic heterocycles. The second-order valence-electron chi connectivity index (χ2n) is 1.24. The zero-order valence-corrected chi connectivity index (χ0v) is 4.28. The van der Waals surface area contributed by atoms with Gasteiger partial charge < -0.3 is 5.41 Å². The number of allylic oxidation sites excluding steroid dienone is 1. The summed E-state index contributed by atoms with van der Waals surface area (Å²) in [5.74, 6) is 0. The first-order valence-corrected chi connectivity index (χ1v) is 1.95. The van der Waals surface area contributed by atoms with E-state index in [2.05, 4.69) is 6.58 Å². The first kappa shape index (κ1) is 6.08. The maximum Gasteiger partial charge on any atom is 0.0738 e. The van der Waals surface area contributed by atoms with Gasteiger partial charge in [0.2, 0.25) is 0 Å². The fourth-order valence-corrected chi connectivity index (χ4v) is 0.153. The topological polar surface area (TPSA) is 47.7 Å². The lowest BCUT2D eigenvalue weighted by Gasteiger charge is -1.86. The van der Waals surface area contributed by atoms with Gasteiger partial charge in [0.25, 0.3) is 0 Å². The minimum absolute atomic E-state index is 0.194. The lowest BCUT2D eigenvalue weighted by molar-refractivity contribution is 1.47. The molecule has 0 bridgehead atoms. The molecule has 2 nitrogen and oxygen atoms in total. The molecule has 0 aromatic carbocycles. The molecule has 0 spiro atoms. The molecule has 0 aromatic heterocycles. The fraction of sp³-hybridized carbons (Fsp3) is 0.200. The SMILES string of the molecule is C=CC(=N)C(C)=N. The predicted octanol–water partition coefficient (Wildman–Crippen LogP) is 1.23. The second kappa shape index (κ2) is 2.29. The molecule has 0 rings (SSSR count). The van der Waals surface area contributed by atoms with Crippen molar-refractivity contribution in [2.75, 3.05) is 0 Å². The Morgan fingerprint density at radius 1 is 1.57 bits per heavy atom. The summed E-state index contributed by atoms with van der Waals surface area (Å²) < 4.78 is 0. The summed E-state index contributed by atoms with van der Waals surface area (Å²) in [7, 11) is 0. The van der Waals surface area contributed by atoms with Crippen LogP contribution in [-0.2, 0) is 0 Å². The van der Waals surface area contributed by atoms with Gasteiger partial charge in [-0.05, 0) is 13.0 Å². The monoisotopic (exact) mass is 96.1 g/mol. The second-order valence-corrected chi connectivity index (χ2v) is 1.24. The van der Waals surface area contributed by atoms with Crippen molar-refractivity contribution in [1.82, 2.24) is 0 Å². The molecule has 38 valence electrons. The van der Waals surface area contributed by atoms with Gasteiger partial charge >= 0.3 is 0 Å². The normalized spacial score (nSPS) is 7.57. The van der Waals surface area contributed by atoms with Crippen molar-refractivity contribution in [3.05, 3.63) is 12.7 Å². The molecule has 0 aromatic rings. The van der Waals surface area contributed by atoms with Gasteiger partial charge in [-0.3, -0.25) is 5.41 Å². The summed E-state index contributed by atoms with van der Waals surface area (Å²) in [6.07, 6.45) is 1.35. The van der Waals surface area contributed by atoms with Crippen LogP contribution in [-0.4, -0.2) is 11.4 Å². The van der Waals surface area contributed by atoms with Crippen LogP contribution < -0.4 is 0 Å². The minimum Gasteiger partial charge on any atom is -0.303 e. The van der Waals surface area contributed by atoms with Gasteiger partial charge in [-0.25, -0.2) is 0 Å². The van der Waals surface area contributed by atoms with Gasteiger partial charge in [-0.15, -0.1) is 0 Å². The highest BCUT2D eigenvalue weighted by molar-refractivity contribution is 6.43. The van der Waals surface area contributed by atoms with E-state index in [0.717, 1.165) is 0 Å². The van der Waals surface area contributed by atoms with Crippen LogP contribution in [0.4, 0.5) is 0 Å². The molecule has 0 radical (unpaired) electrons. The predicted molar refractivity (Wildman–Crippen MR) is 31.3 cm³/mol. The van der Waals surface area contributed by atoms with Crippen LogP contribution in [0.2, 0.25) is 0 Å². The van der Waals surface area contributed by atoms with Crippen LogP contribution in [0.3, 0.4) is 0 Å². The van der Waals surface area contributed by atoms with Crippen molar-refractivity contribution in [3.8, 4) is 0 Å². The van der Waals surface area contributed by atoms with Gasteiger partial charge in [-0.2, -0.15) is 0 Å². The van der Waals surface area contributed by atoms with Gasteiger partial charge in [0.05, 0.1) is 11.4 Å². The van der Waals surface area contributed by atoms with Gasteiger partial charge in [0, 0.05) is 0 Å². The van der Waals surface area contributed by atoms with Crippen molar-refractivity contribution in [3.63, 3.8) is 0 Å². The van der Waals surface area contributed by atoms with Crippen LogP contribution in [0.5, 0.6) is 0 Å². The summed E-state index contributed by atoms with van der Waals surface area (Å²) in [6.45, 7) is 4.88. The highest BCUT2D eigenvalue weighted by Crippen LogP contribution is 1.74. The molecule has 0 aliphatic rings. The minimum atomic E-state index is 0.194. The molecule has 7 heavy (non-hydrogen) atoms. The molecule has 0 saturated carbocycles. The molecule has 0 heterocycles. The van der Waals surface area contributed by atoms with Gasteiger partial charge in [0.15, 0.2) is 0 Å². The van der Waals surface area contributed by atoms with Crippen molar-refractivity contribution in [1.29, 1.82) is 10.8 Å². The number of nitrogens with one attached hydrogen (secondary N) is 2. The number of rotatable bonds is 2. The Hall–Kier alpha value is -0.920. The Labute approximate surface area is 42.9 Å². The molecule has 0 amide bonds. The van der Waals surface area contributed by atoms with E-state index < -0.39 is 0 Å². The third-order valence-electron chi connectivity index (χ3n) is 0.608. The zero-order valence-electron chi connectivity index (χ0n) is 4.28. The molecular weight excluding hydrogens is 88.1 g/mol.